The van der Waals surface area contributed by atoms with Gasteiger partial charge in [-0.25, -0.2) is 4.79 Å². The number of ether oxygens (including phenoxy) is 1. The van der Waals surface area contributed by atoms with E-state index < -0.39 is 10.9 Å². The Morgan fingerprint density at radius 3 is 2.19 bits per heavy atom. The van der Waals surface area contributed by atoms with Gasteiger partial charge in [-0.3, -0.25) is 10.1 Å². The van der Waals surface area contributed by atoms with Crippen molar-refractivity contribution < 1.29 is 14.5 Å². The molecule has 0 unspecified atom stereocenters. The zero-order valence-corrected chi connectivity index (χ0v) is 15.5. The second kappa shape index (κ2) is 12.8. The quantitative estimate of drug-likeness (QED) is 0.138. The minimum Gasteiger partial charge on any atom is -0.462 e. The Balaban J connectivity index is 2.25. The SMILES string of the molecule is CCCCCCCCCCCCOC(=O)c1cc([N+]#N)ccc1[N+](=O)[O-]. The molecule has 7 nitrogen and oxygen atoms in total. The molecule has 0 amide bonds. The average Bonchev–Trinajstić information content (AvgIpc) is 2.65. The number of carbonyl (C=O) groups is 1. The highest BCUT2D eigenvalue weighted by Crippen LogP contribution is 2.25. The second-order valence-electron chi connectivity index (χ2n) is 6.38. The van der Waals surface area contributed by atoms with Gasteiger partial charge in [0.15, 0.2) is 4.98 Å². The van der Waals surface area contributed by atoms with Crippen molar-refractivity contribution in [2.75, 3.05) is 6.61 Å². The van der Waals surface area contributed by atoms with Crippen LogP contribution in [-0.2, 0) is 4.74 Å². The van der Waals surface area contributed by atoms with E-state index in [-0.39, 0.29) is 23.5 Å². The number of unbranched alkanes of at least 4 members (excludes halogenated alkanes) is 9. The number of hydrogen-bond acceptors (Lipinski definition) is 5. The molecule has 7 heteroatoms. The molecule has 1 aromatic rings. The number of esters is 1. The van der Waals surface area contributed by atoms with E-state index in [0.29, 0.717) is 0 Å². The Bertz CT molecular complexity index is 626. The number of nitrogens with zero attached hydrogens (tertiary/aromatic N) is 3. The molecule has 0 aliphatic heterocycles. The van der Waals surface area contributed by atoms with E-state index in [9.17, 15) is 14.9 Å². The number of rotatable bonds is 13. The largest absolute Gasteiger partial charge is 0.462 e. The predicted octanol–water partition coefficient (Wildman–Crippen LogP) is 6.16. The van der Waals surface area contributed by atoms with Gasteiger partial charge in [0, 0.05) is 12.1 Å². The Kier molecular flexibility index (Phi) is 10.6. The second-order valence-corrected chi connectivity index (χ2v) is 6.38. The molecule has 0 heterocycles. The van der Waals surface area contributed by atoms with Crippen molar-refractivity contribution in [3.8, 4) is 0 Å². The Hall–Kier alpha value is -2.49. The third kappa shape index (κ3) is 8.06. The molecule has 142 valence electrons. The predicted molar refractivity (Wildman–Crippen MR) is 100.0 cm³/mol. The highest BCUT2D eigenvalue weighted by atomic mass is 16.6. The summed E-state index contributed by atoms with van der Waals surface area (Å²) in [6.07, 6.45) is 11.7. The summed E-state index contributed by atoms with van der Waals surface area (Å²) in [5.74, 6) is -0.766. The van der Waals surface area contributed by atoms with Gasteiger partial charge < -0.3 is 4.74 Å². The Morgan fingerprint density at radius 2 is 1.65 bits per heavy atom. The van der Waals surface area contributed by atoms with Crippen LogP contribution in [0.5, 0.6) is 0 Å². The maximum atomic E-state index is 12.0. The summed E-state index contributed by atoms with van der Waals surface area (Å²) in [5.41, 5.74) is -0.482. The van der Waals surface area contributed by atoms with E-state index in [1.165, 1.54) is 51.0 Å². The fourth-order valence-electron chi connectivity index (χ4n) is 2.74. The Labute approximate surface area is 154 Å². The summed E-state index contributed by atoms with van der Waals surface area (Å²) in [6.45, 7) is 2.44. The van der Waals surface area contributed by atoms with Gasteiger partial charge in [-0.1, -0.05) is 64.7 Å². The van der Waals surface area contributed by atoms with E-state index >= 15 is 0 Å². The first-order chi connectivity index (χ1) is 12.6. The zero-order chi connectivity index (χ0) is 19.2. The molecule has 0 saturated carbocycles. The van der Waals surface area contributed by atoms with Crippen molar-refractivity contribution in [2.45, 2.75) is 71.1 Å². The number of diazo groups is 1. The minimum absolute atomic E-state index is 0.0708. The van der Waals surface area contributed by atoms with Crippen molar-refractivity contribution in [3.63, 3.8) is 0 Å². The molecular weight excluding hydrogens is 334 g/mol. The van der Waals surface area contributed by atoms with Gasteiger partial charge >= 0.3 is 11.7 Å². The zero-order valence-electron chi connectivity index (χ0n) is 15.5. The molecule has 0 atom stereocenters. The van der Waals surface area contributed by atoms with Crippen molar-refractivity contribution >= 4 is 17.3 Å². The maximum Gasteiger partial charge on any atom is 0.386 e. The van der Waals surface area contributed by atoms with Crippen LogP contribution in [0, 0.1) is 15.5 Å². The molecule has 0 bridgehead atoms. The first-order valence-corrected chi connectivity index (χ1v) is 9.40. The van der Waals surface area contributed by atoms with Gasteiger partial charge in [-0.15, -0.1) is 0 Å². The molecule has 0 aromatic heterocycles. The molecule has 0 radical (unpaired) electrons. The molecule has 1 rings (SSSR count). The van der Waals surface area contributed by atoms with Gasteiger partial charge in [0.2, 0.25) is 5.39 Å². The smallest absolute Gasteiger partial charge is 0.386 e. The lowest BCUT2D eigenvalue weighted by atomic mass is 10.1. The number of benzene rings is 1. The number of nitro groups is 1. The third-order valence-corrected chi connectivity index (χ3v) is 4.24. The van der Waals surface area contributed by atoms with E-state index in [1.807, 2.05) is 0 Å². The fraction of sp³-hybridized carbons (Fsp3) is 0.632. The monoisotopic (exact) mass is 362 g/mol. The lowest BCUT2D eigenvalue weighted by molar-refractivity contribution is -0.385. The molecule has 0 N–H and O–H groups in total. The molecule has 1 aromatic carbocycles. The van der Waals surface area contributed by atoms with Crippen LogP contribution < -0.4 is 0 Å². The van der Waals surface area contributed by atoms with Crippen LogP contribution in [0.1, 0.15) is 81.5 Å². The normalized spacial score (nSPS) is 10.3. The number of hydrogen-bond donors (Lipinski definition) is 0. The molecule has 0 spiro atoms. The molecule has 26 heavy (non-hydrogen) atoms. The van der Waals surface area contributed by atoms with Crippen molar-refractivity contribution in [1.82, 2.24) is 0 Å². The summed E-state index contributed by atoms with van der Waals surface area (Å²) in [5, 5.41) is 19.7. The van der Waals surface area contributed by atoms with Crippen LogP contribution in [0.15, 0.2) is 18.2 Å². The molecule has 0 aliphatic rings. The van der Waals surface area contributed by atoms with E-state index in [0.717, 1.165) is 31.4 Å². The average molecular weight is 362 g/mol. The lowest BCUT2D eigenvalue weighted by Crippen LogP contribution is -2.09. The maximum absolute atomic E-state index is 12.0. The topological polar surface area (TPSA) is 97.6 Å². The molecular formula is C19H28N3O4+. The summed E-state index contributed by atoms with van der Waals surface area (Å²) in [4.78, 5) is 25.3. The van der Waals surface area contributed by atoms with Crippen molar-refractivity contribution in [1.29, 1.82) is 5.39 Å². The highest BCUT2D eigenvalue weighted by Gasteiger charge is 2.25. The summed E-state index contributed by atoms with van der Waals surface area (Å²) >= 11 is 0. The summed E-state index contributed by atoms with van der Waals surface area (Å²) < 4.78 is 5.12. The van der Waals surface area contributed by atoms with E-state index in [2.05, 4.69) is 11.9 Å². The van der Waals surface area contributed by atoms with Crippen LogP contribution in [0.3, 0.4) is 0 Å². The van der Waals surface area contributed by atoms with E-state index in [1.54, 1.807) is 0 Å². The molecule has 0 aliphatic carbocycles. The van der Waals surface area contributed by atoms with Gasteiger partial charge in [0.1, 0.15) is 5.56 Å². The van der Waals surface area contributed by atoms with Crippen LogP contribution in [0.25, 0.3) is 4.98 Å². The van der Waals surface area contributed by atoms with Crippen LogP contribution in [0.2, 0.25) is 0 Å². The highest BCUT2D eigenvalue weighted by molar-refractivity contribution is 5.95. The first-order valence-electron chi connectivity index (χ1n) is 9.40. The fourth-order valence-corrected chi connectivity index (χ4v) is 2.74. The lowest BCUT2D eigenvalue weighted by Gasteiger charge is -2.05. The van der Waals surface area contributed by atoms with Crippen LogP contribution >= 0.6 is 0 Å². The number of nitro benzene ring substituents is 1. The van der Waals surface area contributed by atoms with Crippen molar-refractivity contribution in [3.05, 3.63) is 38.9 Å². The molecule has 0 fully saturated rings. The minimum atomic E-state index is -0.766. The number of carbonyl (C=O) groups excluding carboxylic acids is 1. The summed E-state index contributed by atoms with van der Waals surface area (Å²) in [7, 11) is 0. The van der Waals surface area contributed by atoms with Crippen LogP contribution in [0.4, 0.5) is 11.4 Å². The summed E-state index contributed by atoms with van der Waals surface area (Å²) in [6, 6.07) is 3.54. The van der Waals surface area contributed by atoms with Gasteiger partial charge in [-0.05, 0) is 6.42 Å². The third-order valence-electron chi connectivity index (χ3n) is 4.24. The first kappa shape index (κ1) is 21.6. The van der Waals surface area contributed by atoms with Gasteiger partial charge in [0.25, 0.3) is 5.69 Å². The standard InChI is InChI=1S/C19H28N3O4/c1-2-3-4-5-6-7-8-9-10-11-14-26-19(23)17-15-16(21-20)12-13-18(17)22(24)25/h12-13,15H,2-11,14H2,1H3/q+1. The van der Waals surface area contributed by atoms with Crippen LogP contribution in [-0.4, -0.2) is 17.5 Å². The van der Waals surface area contributed by atoms with Gasteiger partial charge in [0.05, 0.1) is 17.6 Å². The van der Waals surface area contributed by atoms with Gasteiger partial charge in [-0.2, -0.15) is 0 Å². The van der Waals surface area contributed by atoms with Crippen molar-refractivity contribution in [2.24, 2.45) is 0 Å². The van der Waals surface area contributed by atoms with E-state index in [4.69, 9.17) is 10.1 Å². The molecule has 0 saturated heterocycles. The Morgan fingerprint density at radius 1 is 1.08 bits per heavy atom.